The molecule has 0 N–H and O–H groups in total. The lowest BCUT2D eigenvalue weighted by molar-refractivity contribution is -0.141. The molecule has 0 aliphatic rings. The number of hydrogen-bond donors (Lipinski definition) is 0. The van der Waals surface area contributed by atoms with Gasteiger partial charge >= 0.3 is 5.97 Å². The van der Waals surface area contributed by atoms with Crippen LogP contribution in [0.5, 0.6) is 0 Å². The molecule has 0 saturated carbocycles. The van der Waals surface area contributed by atoms with Crippen molar-refractivity contribution in [2.24, 2.45) is 5.41 Å². The number of allylic oxidation sites excluding steroid dienone is 1. The Morgan fingerprint density at radius 2 is 2.00 bits per heavy atom. The van der Waals surface area contributed by atoms with Gasteiger partial charge in [0.1, 0.15) is 4.49 Å². The first-order chi connectivity index (χ1) is 5.83. The molecule has 0 aromatic heterocycles. The summed E-state index contributed by atoms with van der Waals surface area (Å²) in [5, 5.41) is 0. The third-order valence-corrected chi connectivity index (χ3v) is 1.77. The van der Waals surface area contributed by atoms with E-state index in [1.807, 2.05) is 13.8 Å². The van der Waals surface area contributed by atoms with E-state index in [0.29, 0.717) is 13.0 Å². The van der Waals surface area contributed by atoms with E-state index in [2.05, 4.69) is 0 Å². The number of rotatable bonds is 4. The molecule has 0 unspecified atom stereocenters. The maximum absolute atomic E-state index is 10.5. The molecule has 0 fully saturated rings. The first-order valence-corrected chi connectivity index (χ1v) is 4.76. The van der Waals surface area contributed by atoms with Gasteiger partial charge in [-0.05, 0) is 17.9 Å². The van der Waals surface area contributed by atoms with Gasteiger partial charge in [-0.15, -0.1) is 0 Å². The van der Waals surface area contributed by atoms with Crippen molar-refractivity contribution < 1.29 is 9.53 Å². The fourth-order valence-corrected chi connectivity index (χ4v) is 1.42. The summed E-state index contributed by atoms with van der Waals surface area (Å²) in [6.45, 7) is 5.72. The van der Waals surface area contributed by atoms with E-state index in [4.69, 9.17) is 27.9 Å². The summed E-state index contributed by atoms with van der Waals surface area (Å²) in [6.07, 6.45) is 2.44. The highest BCUT2D eigenvalue weighted by Gasteiger charge is 2.15. The highest BCUT2D eigenvalue weighted by molar-refractivity contribution is 6.55. The number of hydrogen-bond acceptors (Lipinski definition) is 2. The van der Waals surface area contributed by atoms with Crippen LogP contribution in [0.25, 0.3) is 0 Å². The van der Waals surface area contributed by atoms with Crippen LogP contribution in [0.4, 0.5) is 0 Å². The Morgan fingerprint density at radius 1 is 1.46 bits per heavy atom. The Hall–Kier alpha value is -0.210. The summed E-state index contributed by atoms with van der Waals surface area (Å²) in [4.78, 5) is 10.5. The summed E-state index contributed by atoms with van der Waals surface area (Å²) >= 11 is 11.0. The number of carbonyl (C=O) groups is 1. The smallest absolute Gasteiger partial charge is 0.302 e. The van der Waals surface area contributed by atoms with Gasteiger partial charge in [-0.25, -0.2) is 0 Å². The first kappa shape index (κ1) is 12.8. The molecule has 76 valence electrons. The topological polar surface area (TPSA) is 26.3 Å². The van der Waals surface area contributed by atoms with Crippen LogP contribution < -0.4 is 0 Å². The van der Waals surface area contributed by atoms with E-state index in [1.54, 1.807) is 6.08 Å². The minimum atomic E-state index is -0.267. The number of halogens is 2. The molecular formula is C9H14Cl2O2. The van der Waals surface area contributed by atoms with Crippen LogP contribution in [0.2, 0.25) is 0 Å². The molecule has 4 heteroatoms. The van der Waals surface area contributed by atoms with Gasteiger partial charge in [0.15, 0.2) is 0 Å². The lowest BCUT2D eigenvalue weighted by atomic mass is 9.90. The molecule has 0 radical (unpaired) electrons. The minimum Gasteiger partial charge on any atom is -0.466 e. The molecule has 0 heterocycles. The van der Waals surface area contributed by atoms with Gasteiger partial charge < -0.3 is 4.74 Å². The van der Waals surface area contributed by atoms with Gasteiger partial charge in [-0.1, -0.05) is 37.0 Å². The van der Waals surface area contributed by atoms with Crippen LogP contribution in [-0.2, 0) is 9.53 Å². The van der Waals surface area contributed by atoms with Crippen molar-refractivity contribution in [1.82, 2.24) is 0 Å². The predicted molar refractivity (Wildman–Crippen MR) is 54.8 cm³/mol. The van der Waals surface area contributed by atoms with Crippen LogP contribution >= 0.6 is 23.2 Å². The highest BCUT2D eigenvalue weighted by Crippen LogP contribution is 2.26. The highest BCUT2D eigenvalue weighted by atomic mass is 35.5. The Balaban J connectivity index is 3.89. The second-order valence-electron chi connectivity index (χ2n) is 3.51. The summed E-state index contributed by atoms with van der Waals surface area (Å²) in [7, 11) is 0. The SMILES string of the molecule is CC(=O)OCCC(C)(C)C=C(Cl)Cl. The van der Waals surface area contributed by atoms with Gasteiger partial charge in [0, 0.05) is 6.92 Å². The van der Waals surface area contributed by atoms with Crippen LogP contribution in [0, 0.1) is 5.41 Å². The van der Waals surface area contributed by atoms with Crippen LogP contribution in [0.15, 0.2) is 10.6 Å². The molecule has 0 aromatic rings. The fourth-order valence-electron chi connectivity index (χ4n) is 0.825. The minimum absolute atomic E-state index is 0.145. The lowest BCUT2D eigenvalue weighted by Gasteiger charge is -2.19. The monoisotopic (exact) mass is 224 g/mol. The Bertz CT molecular complexity index is 206. The van der Waals surface area contributed by atoms with Gasteiger partial charge in [0.25, 0.3) is 0 Å². The van der Waals surface area contributed by atoms with Gasteiger partial charge in [0.05, 0.1) is 6.61 Å². The number of ether oxygens (including phenoxy) is 1. The molecule has 13 heavy (non-hydrogen) atoms. The summed E-state index contributed by atoms with van der Waals surface area (Å²) in [6, 6.07) is 0. The standard InChI is InChI=1S/C9H14Cl2O2/c1-7(12)13-5-4-9(2,3)6-8(10)11/h6H,4-5H2,1-3H3. The van der Waals surface area contributed by atoms with Crippen molar-refractivity contribution in [2.45, 2.75) is 27.2 Å². The zero-order valence-corrected chi connectivity index (χ0v) is 9.58. The zero-order chi connectivity index (χ0) is 10.5. The fraction of sp³-hybridized carbons (Fsp3) is 0.667. The maximum Gasteiger partial charge on any atom is 0.302 e. The van der Waals surface area contributed by atoms with E-state index in [9.17, 15) is 4.79 Å². The molecule has 0 aliphatic carbocycles. The number of carbonyl (C=O) groups excluding carboxylic acids is 1. The quantitative estimate of drug-likeness (QED) is 0.686. The second kappa shape index (κ2) is 5.51. The third kappa shape index (κ3) is 8.13. The van der Waals surface area contributed by atoms with Crippen LogP contribution in [0.1, 0.15) is 27.2 Å². The largest absolute Gasteiger partial charge is 0.466 e. The van der Waals surface area contributed by atoms with Gasteiger partial charge in [-0.3, -0.25) is 4.79 Å². The average molecular weight is 225 g/mol. The third-order valence-electron chi connectivity index (χ3n) is 1.55. The molecule has 0 amide bonds. The average Bonchev–Trinajstić information content (AvgIpc) is 1.81. The molecule has 0 aliphatic heterocycles. The van der Waals surface area contributed by atoms with E-state index < -0.39 is 0 Å². The molecule has 0 spiro atoms. The van der Waals surface area contributed by atoms with Crippen molar-refractivity contribution in [1.29, 1.82) is 0 Å². The molecule has 2 nitrogen and oxygen atoms in total. The summed E-state index contributed by atoms with van der Waals surface area (Å²) in [5.41, 5.74) is -0.145. The van der Waals surface area contributed by atoms with E-state index in [1.165, 1.54) is 6.92 Å². The van der Waals surface area contributed by atoms with Crippen molar-refractivity contribution in [3.05, 3.63) is 10.6 Å². The second-order valence-corrected chi connectivity index (χ2v) is 4.52. The first-order valence-electron chi connectivity index (χ1n) is 4.01. The van der Waals surface area contributed by atoms with E-state index >= 15 is 0 Å². The molecule has 0 bridgehead atoms. The summed E-state index contributed by atoms with van der Waals surface area (Å²) < 4.78 is 5.05. The lowest BCUT2D eigenvalue weighted by Crippen LogP contribution is -2.13. The Morgan fingerprint density at radius 3 is 2.38 bits per heavy atom. The van der Waals surface area contributed by atoms with Crippen molar-refractivity contribution in [3.8, 4) is 0 Å². The molecule has 0 rings (SSSR count). The molecular weight excluding hydrogens is 211 g/mol. The van der Waals surface area contributed by atoms with E-state index in [0.717, 1.165) is 0 Å². The Labute approximate surface area is 88.9 Å². The van der Waals surface area contributed by atoms with Gasteiger partial charge in [-0.2, -0.15) is 0 Å². The molecule has 0 saturated heterocycles. The van der Waals surface area contributed by atoms with Gasteiger partial charge in [0.2, 0.25) is 0 Å². The molecule has 0 aromatic carbocycles. The van der Waals surface area contributed by atoms with Crippen molar-refractivity contribution in [3.63, 3.8) is 0 Å². The van der Waals surface area contributed by atoms with Crippen LogP contribution in [0.3, 0.4) is 0 Å². The predicted octanol–water partition coefficient (Wildman–Crippen LogP) is 3.28. The summed E-state index contributed by atoms with van der Waals surface area (Å²) in [5.74, 6) is -0.267. The zero-order valence-electron chi connectivity index (χ0n) is 8.06. The van der Waals surface area contributed by atoms with Crippen molar-refractivity contribution in [2.75, 3.05) is 6.61 Å². The molecule has 0 atom stereocenters. The number of esters is 1. The Kier molecular flexibility index (Phi) is 5.42. The van der Waals surface area contributed by atoms with Crippen LogP contribution in [-0.4, -0.2) is 12.6 Å². The maximum atomic E-state index is 10.5. The normalized spacial score (nSPS) is 10.8. The van der Waals surface area contributed by atoms with Crippen molar-refractivity contribution >= 4 is 29.2 Å². The van der Waals surface area contributed by atoms with E-state index in [-0.39, 0.29) is 15.9 Å².